The summed E-state index contributed by atoms with van der Waals surface area (Å²) in [6.07, 6.45) is 1.97. The number of hydrogen-bond acceptors (Lipinski definition) is 4. The van der Waals surface area contributed by atoms with Gasteiger partial charge in [-0.15, -0.1) is 5.10 Å². The van der Waals surface area contributed by atoms with Crippen LogP contribution in [0.15, 0.2) is 65.9 Å². The van der Waals surface area contributed by atoms with Crippen LogP contribution in [0.2, 0.25) is 0 Å². The molecule has 0 bridgehead atoms. The summed E-state index contributed by atoms with van der Waals surface area (Å²) in [4.78, 5) is 1.95. The van der Waals surface area contributed by atoms with Crippen LogP contribution in [0.25, 0.3) is 5.76 Å². The molecule has 0 aromatic heterocycles. The molecule has 0 fully saturated rings. The van der Waals surface area contributed by atoms with Gasteiger partial charge in [0.15, 0.2) is 5.76 Å². The van der Waals surface area contributed by atoms with Gasteiger partial charge in [-0.3, -0.25) is 10.3 Å². The number of rotatable bonds is 1. The summed E-state index contributed by atoms with van der Waals surface area (Å²) in [6.45, 7) is 0. The standard InChI is InChI=1S/C15H11N3O/c1-2-6-11(7-3-1)14-10-18-13-9-5-4-8-12(13)16-17-15(18)19-14/h1-10,16H. The van der Waals surface area contributed by atoms with Crippen LogP contribution in [0.5, 0.6) is 0 Å². The summed E-state index contributed by atoms with van der Waals surface area (Å²) in [5, 5.41) is 4.23. The van der Waals surface area contributed by atoms with E-state index < -0.39 is 0 Å². The smallest absolute Gasteiger partial charge is 0.324 e. The Morgan fingerprint density at radius 2 is 1.74 bits per heavy atom. The van der Waals surface area contributed by atoms with Crippen molar-refractivity contribution in [3.05, 3.63) is 66.4 Å². The molecule has 0 saturated carbocycles. The predicted octanol–water partition coefficient (Wildman–Crippen LogP) is 3.22. The molecule has 92 valence electrons. The number of ether oxygens (including phenoxy) is 1. The van der Waals surface area contributed by atoms with Crippen molar-refractivity contribution in [2.45, 2.75) is 0 Å². The lowest BCUT2D eigenvalue weighted by atomic mass is 10.2. The molecule has 1 N–H and O–H groups in total. The van der Waals surface area contributed by atoms with Crippen molar-refractivity contribution in [3.8, 4) is 0 Å². The first-order valence-electron chi connectivity index (χ1n) is 6.09. The molecule has 4 rings (SSSR count). The monoisotopic (exact) mass is 249 g/mol. The molecule has 2 aliphatic rings. The Morgan fingerprint density at radius 3 is 2.63 bits per heavy atom. The lowest BCUT2D eigenvalue weighted by Crippen LogP contribution is -2.27. The molecule has 0 amide bonds. The summed E-state index contributed by atoms with van der Waals surface area (Å²) in [6, 6.07) is 18.6. The Bertz CT molecular complexity index is 692. The van der Waals surface area contributed by atoms with E-state index >= 15 is 0 Å². The fourth-order valence-electron chi connectivity index (χ4n) is 2.22. The zero-order valence-corrected chi connectivity index (χ0v) is 10.1. The van der Waals surface area contributed by atoms with Gasteiger partial charge in [-0.1, -0.05) is 42.5 Å². The normalized spacial score (nSPS) is 15.7. The largest absolute Gasteiger partial charge is 0.422 e. The van der Waals surface area contributed by atoms with Crippen molar-refractivity contribution in [3.63, 3.8) is 0 Å². The van der Waals surface area contributed by atoms with E-state index in [0.29, 0.717) is 6.02 Å². The average molecular weight is 249 g/mol. The SMILES string of the molecule is C1=C(c2ccccc2)OC2=NNc3ccccc3N12. The topological polar surface area (TPSA) is 36.9 Å². The maximum Gasteiger partial charge on any atom is 0.324 e. The second kappa shape index (κ2) is 3.88. The highest BCUT2D eigenvalue weighted by Crippen LogP contribution is 2.35. The van der Waals surface area contributed by atoms with Crippen molar-refractivity contribution in [2.75, 3.05) is 10.3 Å². The van der Waals surface area contributed by atoms with Crippen molar-refractivity contribution in [1.82, 2.24) is 0 Å². The van der Waals surface area contributed by atoms with Crippen LogP contribution in [-0.2, 0) is 4.74 Å². The second-order valence-corrected chi connectivity index (χ2v) is 4.35. The fraction of sp³-hybridized carbons (Fsp3) is 0. The van der Waals surface area contributed by atoms with E-state index in [1.165, 1.54) is 0 Å². The quantitative estimate of drug-likeness (QED) is 0.843. The third-order valence-corrected chi connectivity index (χ3v) is 3.15. The maximum atomic E-state index is 5.78. The number of fused-ring (bicyclic) bond motifs is 3. The summed E-state index contributed by atoms with van der Waals surface area (Å²) >= 11 is 0. The average Bonchev–Trinajstić information content (AvgIpc) is 2.93. The number of benzene rings is 2. The Balaban J connectivity index is 1.78. The molecular weight excluding hydrogens is 238 g/mol. The van der Waals surface area contributed by atoms with Gasteiger partial charge in [0.25, 0.3) is 0 Å². The molecule has 0 saturated heterocycles. The molecule has 2 aliphatic heterocycles. The molecule has 0 spiro atoms. The van der Waals surface area contributed by atoms with Gasteiger partial charge >= 0.3 is 6.02 Å². The minimum absolute atomic E-state index is 0.553. The van der Waals surface area contributed by atoms with E-state index in [1.807, 2.05) is 65.7 Å². The minimum atomic E-state index is 0.553. The molecule has 0 radical (unpaired) electrons. The number of anilines is 2. The number of hydrazone groups is 1. The zero-order chi connectivity index (χ0) is 12.7. The first-order chi connectivity index (χ1) is 9.42. The minimum Gasteiger partial charge on any atom is -0.422 e. The predicted molar refractivity (Wildman–Crippen MR) is 75.5 cm³/mol. The Hall–Kier alpha value is -2.75. The van der Waals surface area contributed by atoms with Gasteiger partial charge in [0.1, 0.15) is 0 Å². The van der Waals surface area contributed by atoms with Gasteiger partial charge in [-0.25, -0.2) is 0 Å². The van der Waals surface area contributed by atoms with E-state index in [0.717, 1.165) is 22.7 Å². The molecule has 2 heterocycles. The van der Waals surface area contributed by atoms with Crippen LogP contribution >= 0.6 is 0 Å². The van der Waals surface area contributed by atoms with E-state index in [4.69, 9.17) is 4.74 Å². The van der Waals surface area contributed by atoms with E-state index in [1.54, 1.807) is 0 Å². The number of nitrogens with one attached hydrogen (secondary N) is 1. The number of hydrogen-bond donors (Lipinski definition) is 1. The molecular formula is C15H11N3O. The van der Waals surface area contributed by atoms with Crippen LogP contribution in [0.4, 0.5) is 11.4 Å². The Kier molecular flexibility index (Phi) is 2.08. The van der Waals surface area contributed by atoms with Crippen LogP contribution < -0.4 is 10.3 Å². The highest BCUT2D eigenvalue weighted by molar-refractivity contribution is 6.06. The van der Waals surface area contributed by atoms with Crippen molar-refractivity contribution >= 4 is 23.2 Å². The third-order valence-electron chi connectivity index (χ3n) is 3.15. The Labute approximate surface area is 110 Å². The van der Waals surface area contributed by atoms with Crippen LogP contribution in [0, 0.1) is 0 Å². The third kappa shape index (κ3) is 1.57. The zero-order valence-electron chi connectivity index (χ0n) is 10.1. The highest BCUT2D eigenvalue weighted by Gasteiger charge is 2.28. The molecule has 4 nitrogen and oxygen atoms in total. The van der Waals surface area contributed by atoms with E-state index in [2.05, 4.69) is 10.5 Å². The fourth-order valence-corrected chi connectivity index (χ4v) is 2.22. The number of nitrogens with zero attached hydrogens (tertiary/aromatic N) is 2. The first-order valence-corrected chi connectivity index (χ1v) is 6.09. The summed E-state index contributed by atoms with van der Waals surface area (Å²) in [5.41, 5.74) is 6.05. The molecule has 19 heavy (non-hydrogen) atoms. The number of para-hydroxylation sites is 2. The van der Waals surface area contributed by atoms with Crippen molar-refractivity contribution < 1.29 is 4.74 Å². The summed E-state index contributed by atoms with van der Waals surface area (Å²) in [7, 11) is 0. The van der Waals surface area contributed by atoms with Gasteiger partial charge < -0.3 is 4.74 Å². The summed E-state index contributed by atoms with van der Waals surface area (Å²) < 4.78 is 5.78. The van der Waals surface area contributed by atoms with Crippen molar-refractivity contribution in [1.29, 1.82) is 0 Å². The maximum absolute atomic E-state index is 5.78. The molecule has 2 aromatic carbocycles. The van der Waals surface area contributed by atoms with Crippen LogP contribution in [0.3, 0.4) is 0 Å². The summed E-state index contributed by atoms with van der Waals surface area (Å²) in [5.74, 6) is 0.804. The van der Waals surface area contributed by atoms with Crippen LogP contribution in [-0.4, -0.2) is 6.02 Å². The van der Waals surface area contributed by atoms with Gasteiger partial charge in [0, 0.05) is 5.56 Å². The van der Waals surface area contributed by atoms with Crippen molar-refractivity contribution in [2.24, 2.45) is 5.10 Å². The van der Waals surface area contributed by atoms with Gasteiger partial charge in [0.2, 0.25) is 0 Å². The second-order valence-electron chi connectivity index (χ2n) is 4.35. The highest BCUT2D eigenvalue weighted by atomic mass is 16.5. The molecule has 0 unspecified atom stereocenters. The number of amidine groups is 1. The van der Waals surface area contributed by atoms with E-state index in [9.17, 15) is 0 Å². The van der Waals surface area contributed by atoms with Gasteiger partial charge in [-0.2, -0.15) is 0 Å². The molecule has 0 aliphatic carbocycles. The Morgan fingerprint density at radius 1 is 0.947 bits per heavy atom. The van der Waals surface area contributed by atoms with Gasteiger partial charge in [0.05, 0.1) is 17.6 Å². The lowest BCUT2D eigenvalue weighted by Gasteiger charge is -2.22. The molecule has 0 atom stereocenters. The lowest BCUT2D eigenvalue weighted by molar-refractivity contribution is 0.513. The van der Waals surface area contributed by atoms with E-state index in [-0.39, 0.29) is 0 Å². The van der Waals surface area contributed by atoms with Crippen LogP contribution in [0.1, 0.15) is 5.56 Å². The van der Waals surface area contributed by atoms with Gasteiger partial charge in [-0.05, 0) is 12.1 Å². The molecule has 4 heteroatoms. The first kappa shape index (κ1) is 10.2. The molecule has 2 aromatic rings.